The maximum atomic E-state index is 12.7. The summed E-state index contributed by atoms with van der Waals surface area (Å²) in [6, 6.07) is 18.0. The van der Waals surface area contributed by atoms with E-state index in [2.05, 4.69) is 4.98 Å². The van der Waals surface area contributed by atoms with Gasteiger partial charge in [-0.1, -0.05) is 54.6 Å². The predicted octanol–water partition coefficient (Wildman–Crippen LogP) is 3.26. The summed E-state index contributed by atoms with van der Waals surface area (Å²) in [6.07, 6.45) is 2.31. The maximum absolute atomic E-state index is 12.7. The SMILES string of the molecule is Cc1ccccc1CC(=O)N1CC2(C1)OCc1nc(-c3ccccc3)ncc12. The second-order valence-corrected chi connectivity index (χ2v) is 7.56. The van der Waals surface area contributed by atoms with Gasteiger partial charge in [-0.2, -0.15) is 0 Å². The first-order valence-corrected chi connectivity index (χ1v) is 9.53. The minimum atomic E-state index is -0.439. The van der Waals surface area contributed by atoms with E-state index >= 15 is 0 Å². The number of hydrogen-bond donors (Lipinski definition) is 0. The van der Waals surface area contributed by atoms with Gasteiger partial charge in [0, 0.05) is 17.3 Å². The van der Waals surface area contributed by atoms with E-state index < -0.39 is 5.60 Å². The molecule has 3 aromatic rings. The molecule has 3 heterocycles. The monoisotopic (exact) mass is 371 g/mol. The standard InChI is InChI=1S/C23H21N3O2/c1-16-7-5-6-10-18(16)11-21(27)26-14-23(15-26)19-12-24-22(25-20(19)13-28-23)17-8-3-2-4-9-17/h2-10,12H,11,13-15H2,1H3. The molecule has 1 aromatic heterocycles. The Kier molecular flexibility index (Phi) is 3.98. The van der Waals surface area contributed by atoms with Crippen molar-refractivity contribution >= 4 is 5.91 Å². The van der Waals surface area contributed by atoms with E-state index in [4.69, 9.17) is 9.72 Å². The van der Waals surface area contributed by atoms with Crippen LogP contribution in [0.3, 0.4) is 0 Å². The largest absolute Gasteiger partial charge is 0.360 e. The second-order valence-electron chi connectivity index (χ2n) is 7.56. The van der Waals surface area contributed by atoms with Crippen LogP contribution in [0.2, 0.25) is 0 Å². The first-order valence-electron chi connectivity index (χ1n) is 9.53. The molecule has 28 heavy (non-hydrogen) atoms. The molecule has 0 saturated carbocycles. The van der Waals surface area contributed by atoms with Gasteiger partial charge in [0.25, 0.3) is 0 Å². The highest BCUT2D eigenvalue weighted by molar-refractivity contribution is 5.80. The average Bonchev–Trinajstić information content (AvgIpc) is 3.08. The molecule has 5 rings (SSSR count). The Bertz CT molecular complexity index is 1040. The van der Waals surface area contributed by atoms with Crippen molar-refractivity contribution in [3.05, 3.63) is 83.2 Å². The molecule has 0 radical (unpaired) electrons. The van der Waals surface area contributed by atoms with Crippen molar-refractivity contribution in [3.8, 4) is 11.4 Å². The van der Waals surface area contributed by atoms with E-state index in [-0.39, 0.29) is 5.91 Å². The van der Waals surface area contributed by atoms with Crippen LogP contribution in [-0.2, 0) is 28.2 Å². The molecule has 0 aliphatic carbocycles. The van der Waals surface area contributed by atoms with Gasteiger partial charge in [-0.15, -0.1) is 0 Å². The number of aryl methyl sites for hydroxylation is 1. The molecule has 0 unspecified atom stereocenters. The Balaban J connectivity index is 1.31. The van der Waals surface area contributed by atoms with E-state index in [1.54, 1.807) is 0 Å². The number of aromatic nitrogens is 2. The summed E-state index contributed by atoms with van der Waals surface area (Å²) in [5, 5.41) is 0. The number of hydrogen-bond acceptors (Lipinski definition) is 4. The summed E-state index contributed by atoms with van der Waals surface area (Å²) in [5.41, 5.74) is 4.74. The van der Waals surface area contributed by atoms with E-state index in [0.717, 1.165) is 27.9 Å². The van der Waals surface area contributed by atoms with Crippen molar-refractivity contribution in [2.45, 2.75) is 25.6 Å². The summed E-state index contributed by atoms with van der Waals surface area (Å²) < 4.78 is 6.10. The third kappa shape index (κ3) is 2.79. The Morgan fingerprint density at radius 3 is 2.64 bits per heavy atom. The number of ether oxygens (including phenoxy) is 1. The average molecular weight is 371 g/mol. The number of benzene rings is 2. The summed E-state index contributed by atoms with van der Waals surface area (Å²) >= 11 is 0. The third-order valence-electron chi connectivity index (χ3n) is 5.72. The van der Waals surface area contributed by atoms with Gasteiger partial charge in [0.1, 0.15) is 5.60 Å². The second kappa shape index (κ2) is 6.53. The van der Waals surface area contributed by atoms with Crippen molar-refractivity contribution < 1.29 is 9.53 Å². The molecule has 140 valence electrons. The van der Waals surface area contributed by atoms with Gasteiger partial charge < -0.3 is 9.64 Å². The van der Waals surface area contributed by atoms with Gasteiger partial charge >= 0.3 is 0 Å². The third-order valence-corrected chi connectivity index (χ3v) is 5.72. The highest BCUT2D eigenvalue weighted by Crippen LogP contribution is 2.43. The molecule has 1 fully saturated rings. The van der Waals surface area contributed by atoms with Gasteiger partial charge in [-0.25, -0.2) is 9.97 Å². The zero-order valence-electron chi connectivity index (χ0n) is 15.8. The van der Waals surface area contributed by atoms with Crippen LogP contribution in [0.4, 0.5) is 0 Å². The molecule has 5 nitrogen and oxygen atoms in total. The number of carbonyl (C=O) groups excluding carboxylic acids is 1. The molecule has 1 amide bonds. The first kappa shape index (κ1) is 17.1. The Labute approximate surface area is 164 Å². The molecule has 2 aromatic carbocycles. The van der Waals surface area contributed by atoms with Crippen molar-refractivity contribution in [1.29, 1.82) is 0 Å². The summed E-state index contributed by atoms with van der Waals surface area (Å²) in [6.45, 7) is 3.65. The topological polar surface area (TPSA) is 55.3 Å². The minimum absolute atomic E-state index is 0.138. The molecular formula is C23H21N3O2. The molecule has 0 atom stereocenters. The van der Waals surface area contributed by atoms with Crippen LogP contribution < -0.4 is 0 Å². The van der Waals surface area contributed by atoms with Crippen LogP contribution in [0.15, 0.2) is 60.8 Å². The molecule has 0 N–H and O–H groups in total. The fourth-order valence-electron chi connectivity index (χ4n) is 4.01. The van der Waals surface area contributed by atoms with Crippen LogP contribution in [0.25, 0.3) is 11.4 Å². The van der Waals surface area contributed by atoms with Crippen molar-refractivity contribution in [2.24, 2.45) is 0 Å². The van der Waals surface area contributed by atoms with Crippen LogP contribution in [0.1, 0.15) is 22.4 Å². The van der Waals surface area contributed by atoms with E-state index in [0.29, 0.717) is 31.9 Å². The normalized spacial score (nSPS) is 16.7. The molecule has 0 bridgehead atoms. The number of amides is 1. The summed E-state index contributed by atoms with van der Waals surface area (Å²) in [5.74, 6) is 0.852. The van der Waals surface area contributed by atoms with E-state index in [1.807, 2.05) is 72.6 Å². The Morgan fingerprint density at radius 2 is 1.86 bits per heavy atom. The summed E-state index contributed by atoms with van der Waals surface area (Å²) in [4.78, 5) is 23.8. The predicted molar refractivity (Wildman–Crippen MR) is 105 cm³/mol. The number of likely N-dealkylation sites (tertiary alicyclic amines) is 1. The van der Waals surface area contributed by atoms with Gasteiger partial charge in [0.2, 0.25) is 5.91 Å². The lowest BCUT2D eigenvalue weighted by atomic mass is 9.87. The minimum Gasteiger partial charge on any atom is -0.360 e. The van der Waals surface area contributed by atoms with Gasteiger partial charge in [-0.3, -0.25) is 4.79 Å². The van der Waals surface area contributed by atoms with Crippen molar-refractivity contribution in [3.63, 3.8) is 0 Å². The zero-order chi connectivity index (χ0) is 19.1. The molecule has 2 aliphatic rings. The Morgan fingerprint density at radius 1 is 1.11 bits per heavy atom. The number of carbonyl (C=O) groups is 1. The highest BCUT2D eigenvalue weighted by atomic mass is 16.5. The fraction of sp³-hybridized carbons (Fsp3) is 0.261. The molecule has 1 spiro atoms. The maximum Gasteiger partial charge on any atom is 0.227 e. The zero-order valence-corrected chi connectivity index (χ0v) is 15.8. The van der Waals surface area contributed by atoms with Crippen LogP contribution in [-0.4, -0.2) is 33.9 Å². The smallest absolute Gasteiger partial charge is 0.227 e. The molecular weight excluding hydrogens is 350 g/mol. The van der Waals surface area contributed by atoms with Crippen molar-refractivity contribution in [2.75, 3.05) is 13.1 Å². The van der Waals surface area contributed by atoms with Crippen molar-refractivity contribution in [1.82, 2.24) is 14.9 Å². The lowest BCUT2D eigenvalue weighted by Crippen LogP contribution is -2.61. The summed E-state index contributed by atoms with van der Waals surface area (Å²) in [7, 11) is 0. The lowest BCUT2D eigenvalue weighted by Gasteiger charge is -2.47. The van der Waals surface area contributed by atoms with Gasteiger partial charge in [0.15, 0.2) is 5.82 Å². The molecule has 2 aliphatic heterocycles. The Hall–Kier alpha value is -3.05. The number of fused-ring (bicyclic) bond motifs is 2. The molecule has 5 heteroatoms. The van der Waals surface area contributed by atoms with Gasteiger partial charge in [0.05, 0.1) is 31.8 Å². The quantitative estimate of drug-likeness (QED) is 0.709. The lowest BCUT2D eigenvalue weighted by molar-refractivity contribution is -0.168. The molecule has 1 saturated heterocycles. The van der Waals surface area contributed by atoms with Crippen LogP contribution in [0.5, 0.6) is 0 Å². The van der Waals surface area contributed by atoms with E-state index in [1.165, 1.54) is 0 Å². The van der Waals surface area contributed by atoms with Crippen LogP contribution in [0, 0.1) is 6.92 Å². The fourth-order valence-corrected chi connectivity index (χ4v) is 4.01. The highest BCUT2D eigenvalue weighted by Gasteiger charge is 2.52. The number of rotatable bonds is 3. The van der Waals surface area contributed by atoms with Crippen LogP contribution >= 0.6 is 0 Å². The van der Waals surface area contributed by atoms with Gasteiger partial charge in [-0.05, 0) is 18.1 Å². The first-order chi connectivity index (χ1) is 13.6. The number of nitrogens with zero attached hydrogens (tertiary/aromatic N) is 3. The van der Waals surface area contributed by atoms with E-state index in [9.17, 15) is 4.79 Å².